The van der Waals surface area contributed by atoms with Crippen LogP contribution in [0.25, 0.3) is 16.6 Å². The van der Waals surface area contributed by atoms with Crippen LogP contribution in [-0.4, -0.2) is 67.3 Å². The van der Waals surface area contributed by atoms with Crippen LogP contribution in [0.15, 0.2) is 72.8 Å². The summed E-state index contributed by atoms with van der Waals surface area (Å²) in [4.78, 5) is 38.3. The van der Waals surface area contributed by atoms with E-state index in [0.717, 1.165) is 83.8 Å². The van der Waals surface area contributed by atoms with Gasteiger partial charge in [-0.05, 0) is 97.8 Å². The van der Waals surface area contributed by atoms with E-state index in [1.807, 2.05) is 55.5 Å². The molecule has 1 saturated heterocycles. The molecular formula is C42H37FN7O4Si. The first-order chi connectivity index (χ1) is 26.7. The number of hydrogen-bond acceptors (Lipinski definition) is 8. The quantitative estimate of drug-likeness (QED) is 0.159. The Kier molecular flexibility index (Phi) is 8.84. The van der Waals surface area contributed by atoms with Crippen LogP contribution in [0.4, 0.5) is 15.8 Å². The molecule has 9 rings (SSSR count). The number of nitriles is 1. The van der Waals surface area contributed by atoms with Crippen molar-refractivity contribution >= 4 is 50.0 Å². The minimum atomic E-state index is -0.484. The van der Waals surface area contributed by atoms with Crippen molar-refractivity contribution in [3.8, 4) is 11.9 Å². The lowest BCUT2D eigenvalue weighted by atomic mass is 9.93. The van der Waals surface area contributed by atoms with E-state index in [-0.39, 0.29) is 35.8 Å². The lowest BCUT2D eigenvalue weighted by Gasteiger charge is -2.34. The third-order valence-electron chi connectivity index (χ3n) is 11.2. The Morgan fingerprint density at radius 3 is 2.76 bits per heavy atom. The Labute approximate surface area is 320 Å². The zero-order valence-corrected chi connectivity index (χ0v) is 31.2. The van der Waals surface area contributed by atoms with Gasteiger partial charge in [0.05, 0.1) is 56.7 Å². The molecular weight excluding hydrogens is 714 g/mol. The van der Waals surface area contributed by atoms with E-state index in [1.165, 1.54) is 6.07 Å². The minimum Gasteiger partial charge on any atom is -0.473 e. The van der Waals surface area contributed by atoms with E-state index in [1.54, 1.807) is 18.2 Å². The molecule has 0 bridgehead atoms. The second-order valence-electron chi connectivity index (χ2n) is 14.7. The van der Waals surface area contributed by atoms with Crippen LogP contribution >= 0.6 is 0 Å². The third-order valence-corrected chi connectivity index (χ3v) is 11.8. The van der Waals surface area contributed by atoms with Crippen LogP contribution in [0.1, 0.15) is 75.5 Å². The topological polar surface area (TPSA) is 134 Å². The number of ether oxygens (including phenoxy) is 2. The average Bonchev–Trinajstić information content (AvgIpc) is 3.83. The van der Waals surface area contributed by atoms with Gasteiger partial charge in [0.1, 0.15) is 18.2 Å². The molecule has 275 valence electrons. The molecule has 3 aromatic carbocycles. The highest BCUT2D eigenvalue weighted by molar-refractivity contribution is 6.12. The molecule has 13 heteroatoms. The van der Waals surface area contributed by atoms with E-state index in [4.69, 9.17) is 24.7 Å². The van der Waals surface area contributed by atoms with E-state index in [0.29, 0.717) is 35.8 Å². The summed E-state index contributed by atoms with van der Waals surface area (Å²) in [5.41, 5.74) is 7.46. The van der Waals surface area contributed by atoms with Crippen LogP contribution in [-0.2, 0) is 28.1 Å². The zero-order valence-electron chi connectivity index (χ0n) is 30.2. The summed E-state index contributed by atoms with van der Waals surface area (Å²) in [5.74, 6) is 0.600. The van der Waals surface area contributed by atoms with E-state index >= 15 is 0 Å². The SMILES string of the molecule is Cc1cc(C(=O)Nc2ccc3c(c2)nc(CN2CC=C(c4cccc(OCc5ccc(C#N)cc5F)n4)CC2)n3[C@H]([Si])[C@@H]2CCO2)cc2c1NC(=O)C21CC1. The highest BCUT2D eigenvalue weighted by Gasteiger charge is 2.56. The number of hydrogen-bond donors (Lipinski definition) is 2. The minimum absolute atomic E-state index is 0.00594. The van der Waals surface area contributed by atoms with E-state index in [2.05, 4.69) is 36.4 Å². The molecule has 11 nitrogen and oxygen atoms in total. The van der Waals surface area contributed by atoms with Gasteiger partial charge in [-0.2, -0.15) is 5.26 Å². The number of aromatic nitrogens is 3. The number of fused-ring (bicyclic) bond motifs is 3. The Balaban J connectivity index is 0.907. The first-order valence-electron chi connectivity index (χ1n) is 18.5. The normalized spacial score (nSPS) is 18.9. The number of carbonyl (C=O) groups is 2. The fourth-order valence-corrected chi connectivity index (χ4v) is 8.36. The van der Waals surface area contributed by atoms with Crippen LogP contribution in [0.2, 0.25) is 0 Å². The first-order valence-corrected chi connectivity index (χ1v) is 19.1. The lowest BCUT2D eigenvalue weighted by molar-refractivity contribution is -0.117. The summed E-state index contributed by atoms with van der Waals surface area (Å²) in [6.07, 6.45) is 5.52. The summed E-state index contributed by atoms with van der Waals surface area (Å²) in [6.45, 7) is 4.74. The highest BCUT2D eigenvalue weighted by atomic mass is 28.1. The largest absolute Gasteiger partial charge is 0.473 e. The van der Waals surface area contributed by atoms with Crippen molar-refractivity contribution in [3.05, 3.63) is 118 Å². The number of imidazole rings is 1. The smallest absolute Gasteiger partial charge is 0.255 e. The summed E-state index contributed by atoms with van der Waals surface area (Å²) >= 11 is 0. The number of nitrogens with one attached hydrogen (secondary N) is 2. The van der Waals surface area contributed by atoms with Crippen LogP contribution in [0.3, 0.4) is 0 Å². The summed E-state index contributed by atoms with van der Waals surface area (Å²) in [6, 6.07) is 21.4. The Hall–Kier alpha value is -5.68. The molecule has 2 amide bonds. The maximum absolute atomic E-state index is 14.4. The Bertz CT molecular complexity index is 2470. The molecule has 4 aliphatic rings. The number of rotatable bonds is 10. The zero-order chi connectivity index (χ0) is 37.8. The fraction of sp³-hybridized carbons (Fsp3) is 0.310. The molecule has 3 radical (unpaired) electrons. The second-order valence-corrected chi connectivity index (χ2v) is 15.3. The van der Waals surface area contributed by atoms with Gasteiger partial charge in [0, 0.05) is 53.9 Å². The number of halogens is 1. The third kappa shape index (κ3) is 6.50. The lowest BCUT2D eigenvalue weighted by Crippen LogP contribution is -2.38. The maximum atomic E-state index is 14.4. The van der Waals surface area contributed by atoms with Crippen LogP contribution in [0, 0.1) is 24.1 Å². The van der Waals surface area contributed by atoms with Gasteiger partial charge in [-0.25, -0.2) is 14.4 Å². The van der Waals surface area contributed by atoms with Crippen molar-refractivity contribution in [2.24, 2.45) is 0 Å². The van der Waals surface area contributed by atoms with Crippen LogP contribution < -0.4 is 15.4 Å². The number of amides is 2. The van der Waals surface area contributed by atoms with Crippen molar-refractivity contribution in [3.63, 3.8) is 0 Å². The first kappa shape index (κ1) is 35.0. The predicted octanol–water partition coefficient (Wildman–Crippen LogP) is 6.31. The van der Waals surface area contributed by atoms with E-state index < -0.39 is 11.2 Å². The van der Waals surface area contributed by atoms with E-state index in [9.17, 15) is 14.0 Å². The van der Waals surface area contributed by atoms with Gasteiger partial charge in [-0.1, -0.05) is 18.2 Å². The van der Waals surface area contributed by atoms with Crippen LogP contribution in [0.5, 0.6) is 5.88 Å². The fourth-order valence-electron chi connectivity index (χ4n) is 7.81. The molecule has 5 heterocycles. The number of nitrogens with zero attached hydrogens (tertiary/aromatic N) is 5. The van der Waals surface area contributed by atoms with Gasteiger partial charge in [0.15, 0.2) is 0 Å². The summed E-state index contributed by atoms with van der Waals surface area (Å²) in [7, 11) is 3.98. The molecule has 0 unspecified atom stereocenters. The van der Waals surface area contributed by atoms with Crippen molar-refractivity contribution in [2.75, 3.05) is 30.3 Å². The molecule has 2 aromatic heterocycles. The highest BCUT2D eigenvalue weighted by Crippen LogP contribution is 2.56. The molecule has 3 aliphatic heterocycles. The molecule has 5 aromatic rings. The van der Waals surface area contributed by atoms with Crippen molar-refractivity contribution in [2.45, 2.75) is 62.9 Å². The number of benzene rings is 3. The molecule has 2 atom stereocenters. The van der Waals surface area contributed by atoms with Crippen molar-refractivity contribution < 1.29 is 23.5 Å². The molecule has 1 aliphatic carbocycles. The standard InChI is InChI=1S/C42H37FN7O4Si/c1-24-17-28(19-30-38(24)48-41(52)42(30)12-13-42)39(51)45-29-7-8-34-33(20-29)46-36(50(34)40(55)35-11-16-53-35)22-49-14-9-26(10-15-49)32-3-2-4-37(47-32)54-23-27-6-5-25(21-44)18-31(27)43/h2-9,17-20,35,40H,10-16,22-23H2,1H3,(H,45,51)(H,48,52)/t35-,40+/m0/s1. The maximum Gasteiger partial charge on any atom is 0.255 e. The van der Waals surface area contributed by atoms with Gasteiger partial charge in [-0.3, -0.25) is 14.5 Å². The van der Waals surface area contributed by atoms with Gasteiger partial charge < -0.3 is 24.7 Å². The molecule has 1 spiro atoms. The van der Waals surface area contributed by atoms with Crippen molar-refractivity contribution in [1.29, 1.82) is 5.26 Å². The van der Waals surface area contributed by atoms with Gasteiger partial charge >= 0.3 is 0 Å². The number of anilines is 2. The molecule has 2 fully saturated rings. The Morgan fingerprint density at radius 2 is 2.04 bits per heavy atom. The molecule has 1 saturated carbocycles. The predicted molar refractivity (Wildman–Crippen MR) is 205 cm³/mol. The van der Waals surface area contributed by atoms with Crippen molar-refractivity contribution in [1.82, 2.24) is 19.4 Å². The van der Waals surface area contributed by atoms with Gasteiger partial charge in [0.25, 0.3) is 5.91 Å². The number of aryl methyl sites for hydroxylation is 1. The number of carbonyl (C=O) groups excluding carboxylic acids is 2. The summed E-state index contributed by atoms with van der Waals surface area (Å²) in [5, 5.41) is 15.1. The van der Waals surface area contributed by atoms with Gasteiger partial charge in [-0.15, -0.1) is 0 Å². The average molecular weight is 751 g/mol. The number of pyridine rings is 1. The molecule has 55 heavy (non-hydrogen) atoms. The second kappa shape index (κ2) is 13.9. The summed E-state index contributed by atoms with van der Waals surface area (Å²) < 4.78 is 28.3. The Morgan fingerprint density at radius 1 is 1.18 bits per heavy atom. The van der Waals surface area contributed by atoms with Gasteiger partial charge in [0.2, 0.25) is 11.8 Å². The monoisotopic (exact) mass is 750 g/mol. The molecule has 2 N–H and O–H groups in total.